The number of rotatable bonds is 3. The number of fused-ring (bicyclic) bond motifs is 1. The van der Waals surface area contributed by atoms with Crippen LogP contribution in [0.25, 0.3) is 10.9 Å². The van der Waals surface area contributed by atoms with Crippen LogP contribution in [0.15, 0.2) is 24.4 Å². The Labute approximate surface area is 124 Å². The summed E-state index contributed by atoms with van der Waals surface area (Å²) in [6.07, 6.45) is 5.21. The van der Waals surface area contributed by atoms with Gasteiger partial charge in [0, 0.05) is 23.3 Å². The molecule has 2 heterocycles. The monoisotopic (exact) mass is 286 g/mol. The van der Waals surface area contributed by atoms with E-state index in [2.05, 4.69) is 29.6 Å². The zero-order chi connectivity index (χ0) is 14.8. The second-order valence-electron chi connectivity index (χ2n) is 5.97. The van der Waals surface area contributed by atoms with Gasteiger partial charge in [-0.15, -0.1) is 0 Å². The van der Waals surface area contributed by atoms with E-state index in [1.54, 1.807) is 0 Å². The van der Waals surface area contributed by atoms with Crippen LogP contribution in [0.4, 0.5) is 5.69 Å². The molecule has 1 amide bonds. The highest BCUT2D eigenvalue weighted by Gasteiger charge is 2.20. The number of nitrogens with one attached hydrogen (secondary N) is 2. The van der Waals surface area contributed by atoms with E-state index in [0.29, 0.717) is 6.04 Å². The zero-order valence-electron chi connectivity index (χ0n) is 12.6. The van der Waals surface area contributed by atoms with Crippen molar-refractivity contribution in [1.29, 1.82) is 0 Å². The molecule has 1 atom stereocenters. The van der Waals surface area contributed by atoms with Crippen LogP contribution in [0, 0.1) is 0 Å². The molecule has 0 radical (unpaired) electrons. The lowest BCUT2D eigenvalue weighted by Gasteiger charge is -2.22. The number of hydrogen-bond acceptors (Lipinski definition) is 3. The molecule has 1 aromatic heterocycles. The number of anilines is 1. The lowest BCUT2D eigenvalue weighted by atomic mass is 10.0. The maximum absolute atomic E-state index is 12.2. The molecular formula is C16H22N4O. The van der Waals surface area contributed by atoms with Gasteiger partial charge in [-0.1, -0.05) is 6.42 Å². The predicted molar refractivity (Wildman–Crippen MR) is 84.4 cm³/mol. The summed E-state index contributed by atoms with van der Waals surface area (Å²) in [4.78, 5) is 12.2. The molecule has 1 saturated heterocycles. The van der Waals surface area contributed by atoms with Gasteiger partial charge >= 0.3 is 0 Å². The van der Waals surface area contributed by atoms with Crippen molar-refractivity contribution in [2.24, 2.45) is 0 Å². The number of nitrogens with zero attached hydrogens (tertiary/aromatic N) is 2. The highest BCUT2D eigenvalue weighted by molar-refractivity contribution is 5.96. The smallest absolute Gasteiger partial charge is 0.241 e. The molecule has 1 aromatic carbocycles. The first kappa shape index (κ1) is 14.1. The van der Waals surface area contributed by atoms with E-state index in [4.69, 9.17) is 0 Å². The first-order valence-corrected chi connectivity index (χ1v) is 7.66. The minimum atomic E-state index is -0.0622. The Bertz CT molecular complexity index is 641. The third-order valence-corrected chi connectivity index (χ3v) is 3.95. The Kier molecular flexibility index (Phi) is 3.92. The second kappa shape index (κ2) is 5.85. The molecule has 0 bridgehead atoms. The fraction of sp³-hybridized carbons (Fsp3) is 0.500. The van der Waals surface area contributed by atoms with Crippen LogP contribution in [0.1, 0.15) is 39.2 Å². The number of amides is 1. The van der Waals surface area contributed by atoms with Crippen molar-refractivity contribution in [3.63, 3.8) is 0 Å². The van der Waals surface area contributed by atoms with Crippen LogP contribution < -0.4 is 10.6 Å². The van der Waals surface area contributed by atoms with Crippen molar-refractivity contribution in [2.45, 2.75) is 45.2 Å². The molecule has 1 aliphatic rings. The SMILES string of the molecule is CC(C)n1cc2cc(NC(=O)[C@@H]3CCCCN3)ccc2n1. The Morgan fingerprint density at radius 3 is 3.00 bits per heavy atom. The van der Waals surface area contributed by atoms with Crippen molar-refractivity contribution in [1.82, 2.24) is 15.1 Å². The van der Waals surface area contributed by atoms with Gasteiger partial charge in [-0.2, -0.15) is 5.10 Å². The van der Waals surface area contributed by atoms with Gasteiger partial charge in [0.15, 0.2) is 0 Å². The minimum absolute atomic E-state index is 0.0605. The zero-order valence-corrected chi connectivity index (χ0v) is 12.6. The summed E-state index contributed by atoms with van der Waals surface area (Å²) in [5.41, 5.74) is 1.79. The fourth-order valence-electron chi connectivity index (χ4n) is 2.69. The molecule has 0 spiro atoms. The average molecular weight is 286 g/mol. The molecule has 1 aliphatic heterocycles. The van der Waals surface area contributed by atoms with Gasteiger partial charge in [-0.05, 0) is 51.4 Å². The molecule has 1 fully saturated rings. The molecule has 0 saturated carbocycles. The first-order valence-electron chi connectivity index (χ1n) is 7.66. The molecule has 5 nitrogen and oxygen atoms in total. The van der Waals surface area contributed by atoms with Gasteiger partial charge in [0.1, 0.15) is 0 Å². The van der Waals surface area contributed by atoms with Gasteiger partial charge in [0.25, 0.3) is 0 Å². The quantitative estimate of drug-likeness (QED) is 0.912. The van der Waals surface area contributed by atoms with Crippen LogP contribution >= 0.6 is 0 Å². The summed E-state index contributed by atoms with van der Waals surface area (Å²) < 4.78 is 1.94. The summed E-state index contributed by atoms with van der Waals surface area (Å²) in [5.74, 6) is 0.0605. The van der Waals surface area contributed by atoms with Crippen LogP contribution in [0.2, 0.25) is 0 Å². The molecule has 2 N–H and O–H groups in total. The van der Waals surface area contributed by atoms with Gasteiger partial charge < -0.3 is 10.6 Å². The largest absolute Gasteiger partial charge is 0.325 e. The summed E-state index contributed by atoms with van der Waals surface area (Å²) in [5, 5.41) is 11.8. The second-order valence-corrected chi connectivity index (χ2v) is 5.97. The van der Waals surface area contributed by atoms with E-state index in [-0.39, 0.29) is 11.9 Å². The highest BCUT2D eigenvalue weighted by Crippen LogP contribution is 2.20. The van der Waals surface area contributed by atoms with E-state index in [1.165, 1.54) is 0 Å². The van der Waals surface area contributed by atoms with Crippen LogP contribution in [-0.2, 0) is 4.79 Å². The van der Waals surface area contributed by atoms with E-state index in [0.717, 1.165) is 42.4 Å². The maximum atomic E-state index is 12.2. The maximum Gasteiger partial charge on any atom is 0.241 e. The van der Waals surface area contributed by atoms with Crippen LogP contribution in [0.5, 0.6) is 0 Å². The third kappa shape index (κ3) is 3.08. The topological polar surface area (TPSA) is 59.0 Å². The summed E-state index contributed by atoms with van der Waals surface area (Å²) >= 11 is 0. The molecule has 21 heavy (non-hydrogen) atoms. The fourth-order valence-corrected chi connectivity index (χ4v) is 2.69. The van der Waals surface area contributed by atoms with Crippen molar-refractivity contribution in [3.8, 4) is 0 Å². The number of aromatic nitrogens is 2. The molecular weight excluding hydrogens is 264 g/mol. The van der Waals surface area contributed by atoms with Gasteiger partial charge in [-0.3, -0.25) is 9.48 Å². The molecule has 3 rings (SSSR count). The highest BCUT2D eigenvalue weighted by atomic mass is 16.2. The van der Waals surface area contributed by atoms with E-state index in [1.807, 2.05) is 29.1 Å². The van der Waals surface area contributed by atoms with E-state index < -0.39 is 0 Å². The number of carbonyl (C=O) groups excluding carboxylic acids is 1. The lowest BCUT2D eigenvalue weighted by molar-refractivity contribution is -0.118. The van der Waals surface area contributed by atoms with Crippen molar-refractivity contribution < 1.29 is 4.79 Å². The van der Waals surface area contributed by atoms with Gasteiger partial charge in [0.05, 0.1) is 11.6 Å². The lowest BCUT2D eigenvalue weighted by Crippen LogP contribution is -2.43. The normalized spacial score (nSPS) is 19.1. The van der Waals surface area contributed by atoms with E-state index in [9.17, 15) is 4.79 Å². The summed E-state index contributed by atoms with van der Waals surface area (Å²) in [7, 11) is 0. The Morgan fingerprint density at radius 1 is 1.43 bits per heavy atom. The number of benzene rings is 1. The van der Waals surface area contributed by atoms with Crippen molar-refractivity contribution in [3.05, 3.63) is 24.4 Å². The molecule has 0 aliphatic carbocycles. The average Bonchev–Trinajstić information content (AvgIpc) is 2.91. The molecule has 0 unspecified atom stereocenters. The molecule has 5 heteroatoms. The van der Waals surface area contributed by atoms with Gasteiger partial charge in [0.2, 0.25) is 5.91 Å². The first-order chi connectivity index (χ1) is 10.1. The van der Waals surface area contributed by atoms with Crippen molar-refractivity contribution in [2.75, 3.05) is 11.9 Å². The van der Waals surface area contributed by atoms with E-state index >= 15 is 0 Å². The Balaban J connectivity index is 1.75. The third-order valence-electron chi connectivity index (χ3n) is 3.95. The van der Waals surface area contributed by atoms with Crippen molar-refractivity contribution >= 4 is 22.5 Å². The Hall–Kier alpha value is -1.88. The molecule has 2 aromatic rings. The molecule has 112 valence electrons. The summed E-state index contributed by atoms with van der Waals surface area (Å²) in [6.45, 7) is 5.13. The Morgan fingerprint density at radius 2 is 2.29 bits per heavy atom. The number of carbonyl (C=O) groups is 1. The summed E-state index contributed by atoms with van der Waals surface area (Å²) in [6, 6.07) is 6.13. The number of piperidine rings is 1. The standard InChI is InChI=1S/C16H22N4O/c1-11(2)20-10-12-9-13(6-7-14(12)19-20)18-16(21)15-5-3-4-8-17-15/h6-7,9-11,15,17H,3-5,8H2,1-2H3,(H,18,21)/t15-/m0/s1. The van der Waals surface area contributed by atoms with Crippen LogP contribution in [0.3, 0.4) is 0 Å². The van der Waals surface area contributed by atoms with Crippen LogP contribution in [-0.4, -0.2) is 28.3 Å². The minimum Gasteiger partial charge on any atom is -0.325 e. The van der Waals surface area contributed by atoms with Gasteiger partial charge in [-0.25, -0.2) is 0 Å². The predicted octanol–water partition coefficient (Wildman–Crippen LogP) is 2.70. The number of hydrogen-bond donors (Lipinski definition) is 2.